The Morgan fingerprint density at radius 1 is 0.603 bits per heavy atom. The largest absolute Gasteiger partial charge is 0.443 e. The van der Waals surface area contributed by atoms with E-state index in [1.54, 1.807) is 41.5 Å². The van der Waals surface area contributed by atoms with Gasteiger partial charge in [-0.1, -0.05) is 0 Å². The fourth-order valence-electron chi connectivity index (χ4n) is 6.58. The lowest BCUT2D eigenvalue weighted by molar-refractivity contribution is -0.140. The zero-order chi connectivity index (χ0) is 49.2. The van der Waals surface area contributed by atoms with Gasteiger partial charge in [0.25, 0.3) is 0 Å². The quantitative estimate of drug-likeness (QED) is 0.191. The number of hydrogen-bond donors (Lipinski definition) is 1. The van der Waals surface area contributed by atoms with E-state index in [4.69, 9.17) is 24.7 Å². The molecule has 8 rings (SSSR count). The molecule has 0 bridgehead atoms. The second kappa shape index (κ2) is 19.2. The molecule has 364 valence electrons. The normalized spacial score (nSPS) is 15.0. The summed E-state index contributed by atoms with van der Waals surface area (Å²) in [6, 6.07) is 0. The molecule has 0 atom stereocenters. The van der Waals surface area contributed by atoms with Crippen molar-refractivity contribution < 1.29 is 54.9 Å². The van der Waals surface area contributed by atoms with E-state index in [0.29, 0.717) is 80.2 Å². The third-order valence-electron chi connectivity index (χ3n) is 9.39. The van der Waals surface area contributed by atoms with Crippen molar-refractivity contribution in [3.05, 3.63) is 37.4 Å². The molecule has 8 heterocycles. The summed E-state index contributed by atoms with van der Waals surface area (Å²) in [5.74, 6) is 0.756. The minimum Gasteiger partial charge on any atom is -0.443 e. The molecule has 2 amide bonds. The van der Waals surface area contributed by atoms with Crippen molar-refractivity contribution >= 4 is 58.0 Å². The first-order valence-corrected chi connectivity index (χ1v) is 20.8. The van der Waals surface area contributed by atoms with Crippen LogP contribution in [0.25, 0.3) is 45.1 Å². The maximum atomic E-state index is 13.3. The number of imidazole rings is 2. The molecule has 6 aromatic rings. The first-order chi connectivity index (χ1) is 31.9. The summed E-state index contributed by atoms with van der Waals surface area (Å²) >= 11 is 0. The highest BCUT2D eigenvalue weighted by Crippen LogP contribution is 2.31. The molecule has 2 fully saturated rings. The number of rotatable bonds is 7. The third-order valence-corrected chi connectivity index (χ3v) is 9.39. The number of carbonyl (C=O) groups is 2. The predicted molar refractivity (Wildman–Crippen MR) is 230 cm³/mol. The van der Waals surface area contributed by atoms with Crippen molar-refractivity contribution in [1.29, 1.82) is 0 Å². The fraction of sp³-hybridized carbons (Fsp3) is 0.500. The zero-order valence-corrected chi connectivity index (χ0v) is 37.5. The molecule has 0 unspecified atom stereocenters. The molecule has 2 aliphatic rings. The lowest BCUT2D eigenvalue weighted by atomic mass is 10.2. The molecule has 2 N–H and O–H groups in total. The van der Waals surface area contributed by atoms with Crippen LogP contribution in [0.3, 0.4) is 0 Å². The van der Waals surface area contributed by atoms with Gasteiger partial charge in [0, 0.05) is 51.0 Å². The molecule has 68 heavy (non-hydrogen) atoms. The van der Waals surface area contributed by atoms with Gasteiger partial charge >= 0.3 is 24.5 Å². The van der Waals surface area contributed by atoms with Gasteiger partial charge in [0.15, 0.2) is 45.6 Å². The second-order valence-corrected chi connectivity index (χ2v) is 17.2. The number of morpholine rings is 2. The number of alkyl halides is 6. The van der Waals surface area contributed by atoms with E-state index < -0.39 is 48.8 Å². The van der Waals surface area contributed by atoms with Crippen LogP contribution in [0.1, 0.15) is 41.5 Å². The van der Waals surface area contributed by atoms with Gasteiger partial charge in [0.2, 0.25) is 11.9 Å². The number of fused-ring (bicyclic) bond motifs is 2. The number of halogens is 6. The van der Waals surface area contributed by atoms with E-state index in [9.17, 15) is 35.9 Å². The monoisotopic (exact) mass is 960 g/mol. The Morgan fingerprint density at radius 3 is 1.32 bits per heavy atom. The molecule has 0 aromatic carbocycles. The highest BCUT2D eigenvalue weighted by molar-refractivity contribution is 6.08. The smallest absolute Gasteiger partial charge is 0.427 e. The van der Waals surface area contributed by atoms with Gasteiger partial charge in [-0.15, -0.1) is 4.90 Å². The average Bonchev–Trinajstić information content (AvgIpc) is 3.85. The van der Waals surface area contributed by atoms with Crippen LogP contribution in [0.4, 0.5) is 59.5 Å². The van der Waals surface area contributed by atoms with Crippen molar-refractivity contribution in [3.63, 3.8) is 0 Å². The molecule has 0 radical (unpaired) electrons. The van der Waals surface area contributed by atoms with Crippen molar-refractivity contribution in [2.24, 2.45) is 0 Å². The SMILES string of the molecule is CC(C)(C)OC(=O)N(C(=O)OC(C)(C)C)c1ncc(-c2nc(N3CCOCC3)c3ncn(CC(F)(F)F)c3n2)cn1.Nc1ncc(-c2nc(N3CCOCC3)c3ncn(CC(F)(F)F)c3n2)cn1. The van der Waals surface area contributed by atoms with Gasteiger partial charge in [0.1, 0.15) is 24.3 Å². The summed E-state index contributed by atoms with van der Waals surface area (Å²) in [6.45, 7) is 11.1. The minimum absolute atomic E-state index is 0.0237. The Hall–Kier alpha value is -7.10. The molecule has 22 nitrogen and oxygen atoms in total. The molecular weight excluding hydrogens is 915 g/mol. The van der Waals surface area contributed by atoms with Gasteiger partial charge in [-0.25, -0.2) is 59.4 Å². The second-order valence-electron chi connectivity index (χ2n) is 17.2. The number of nitrogens with zero attached hydrogens (tertiary/aromatic N) is 15. The highest BCUT2D eigenvalue weighted by Gasteiger charge is 2.36. The standard InChI is InChI=1S/C25H31F3N8O5.C15H15F3N8O/c1-23(2,3)40-21(37)36(22(38)41-24(4,5)6)20-29-11-15(12-30-20)17-32-18(34-7-9-39-10-8-34)16-19(33-17)35(14-31-16)13-25(26,27)28;16-15(17,18)7-26-8-22-10-12(25-1-3-27-4-2-25)23-11(24-13(10)26)9-5-20-14(19)21-6-9/h11-12,14H,7-10,13H2,1-6H3;5-6,8H,1-4,7H2,(H2,19,20,21). The summed E-state index contributed by atoms with van der Waals surface area (Å²) in [4.78, 5) is 72.2. The summed E-state index contributed by atoms with van der Waals surface area (Å²) in [7, 11) is 0. The van der Waals surface area contributed by atoms with Gasteiger partial charge in [-0.05, 0) is 41.5 Å². The van der Waals surface area contributed by atoms with Crippen molar-refractivity contribution in [2.45, 2.75) is 78.2 Å². The van der Waals surface area contributed by atoms with Crippen LogP contribution >= 0.6 is 0 Å². The first kappa shape index (κ1) is 48.8. The highest BCUT2D eigenvalue weighted by atomic mass is 19.4. The topological polar surface area (TPSA) is 246 Å². The minimum atomic E-state index is -4.50. The fourth-order valence-corrected chi connectivity index (χ4v) is 6.58. The lowest BCUT2D eigenvalue weighted by Crippen LogP contribution is -2.44. The van der Waals surface area contributed by atoms with E-state index in [2.05, 4.69) is 49.8 Å². The number of hydrogen-bond acceptors (Lipinski definition) is 19. The summed E-state index contributed by atoms with van der Waals surface area (Å²) < 4.78 is 102. The Balaban J connectivity index is 0.000000218. The van der Waals surface area contributed by atoms with E-state index in [-0.39, 0.29) is 45.9 Å². The number of imide groups is 1. The van der Waals surface area contributed by atoms with Crippen molar-refractivity contribution in [3.8, 4) is 22.8 Å². The number of carbonyl (C=O) groups excluding carboxylic acids is 2. The molecule has 6 aromatic heterocycles. The van der Waals surface area contributed by atoms with Crippen LogP contribution in [0.2, 0.25) is 0 Å². The summed E-state index contributed by atoms with van der Waals surface area (Å²) in [6.07, 6.45) is -3.46. The van der Waals surface area contributed by atoms with Gasteiger partial charge in [-0.2, -0.15) is 26.3 Å². The van der Waals surface area contributed by atoms with Gasteiger partial charge < -0.3 is 43.6 Å². The van der Waals surface area contributed by atoms with Crippen LogP contribution in [0, 0.1) is 0 Å². The number of nitrogens with two attached hydrogens (primary N) is 1. The van der Waals surface area contributed by atoms with E-state index in [0.717, 1.165) is 21.8 Å². The Kier molecular flexibility index (Phi) is 13.8. The molecule has 28 heteroatoms. The third kappa shape index (κ3) is 12.3. The maximum absolute atomic E-state index is 13.3. The predicted octanol–water partition coefficient (Wildman–Crippen LogP) is 5.62. The van der Waals surface area contributed by atoms with Gasteiger partial charge in [-0.3, -0.25) is 0 Å². The molecule has 2 saturated heterocycles. The zero-order valence-electron chi connectivity index (χ0n) is 37.5. The van der Waals surface area contributed by atoms with E-state index >= 15 is 0 Å². The molecule has 2 aliphatic heterocycles. The number of anilines is 4. The molecule has 0 spiro atoms. The Labute approximate surface area is 382 Å². The molecule has 0 saturated carbocycles. The number of amides is 2. The molecular formula is C40H46F6N16O6. The van der Waals surface area contributed by atoms with Crippen molar-refractivity contribution in [1.82, 2.24) is 59.0 Å². The number of ether oxygens (including phenoxy) is 4. The van der Waals surface area contributed by atoms with Crippen LogP contribution in [0.5, 0.6) is 0 Å². The molecule has 0 aliphatic carbocycles. The van der Waals surface area contributed by atoms with Crippen LogP contribution < -0.4 is 20.4 Å². The first-order valence-electron chi connectivity index (χ1n) is 20.8. The lowest BCUT2D eigenvalue weighted by Gasteiger charge is -2.28. The number of nitrogen functional groups attached to an aromatic ring is 1. The Morgan fingerprint density at radius 2 is 0.971 bits per heavy atom. The van der Waals surface area contributed by atoms with E-state index in [1.807, 2.05) is 9.80 Å². The Bertz CT molecular complexity index is 2700. The maximum Gasteiger partial charge on any atom is 0.427 e. The summed E-state index contributed by atoms with van der Waals surface area (Å²) in [5, 5.41) is 0. The van der Waals surface area contributed by atoms with Crippen LogP contribution in [0.15, 0.2) is 37.4 Å². The number of aromatic nitrogens is 12. The van der Waals surface area contributed by atoms with Crippen molar-refractivity contribution in [2.75, 3.05) is 73.0 Å². The van der Waals surface area contributed by atoms with Crippen LogP contribution in [-0.4, -0.2) is 147 Å². The van der Waals surface area contributed by atoms with E-state index in [1.165, 1.54) is 24.8 Å². The average molecular weight is 961 g/mol. The van der Waals surface area contributed by atoms with Gasteiger partial charge in [0.05, 0.1) is 50.2 Å². The summed E-state index contributed by atoms with van der Waals surface area (Å²) in [5.41, 5.74) is 4.87. The van der Waals surface area contributed by atoms with Crippen LogP contribution in [-0.2, 0) is 32.0 Å².